The number of rotatable bonds is 3. The molecule has 6 heteroatoms. The maximum atomic E-state index is 7.50. The monoisotopic (exact) mass is 587 g/mol. The van der Waals surface area contributed by atoms with Crippen LogP contribution < -0.4 is 9.47 Å². The topological polar surface area (TPSA) is 78.2 Å². The average molecular weight is 587 g/mol. The molecule has 5 nitrogen and oxygen atoms in total. The van der Waals surface area contributed by atoms with Crippen molar-refractivity contribution in [1.82, 2.24) is 0 Å². The second kappa shape index (κ2) is 32.8. The van der Waals surface area contributed by atoms with Gasteiger partial charge >= 0.3 is 55.0 Å². The van der Waals surface area contributed by atoms with Crippen LogP contribution in [0.2, 0.25) is 0 Å². The first kappa shape index (κ1) is 36.5. The molecule has 2 aliphatic carbocycles. The summed E-state index contributed by atoms with van der Waals surface area (Å²) < 4.78 is 32.8. The van der Waals surface area contributed by atoms with E-state index in [0.29, 0.717) is 6.42 Å². The van der Waals surface area contributed by atoms with Gasteiger partial charge in [-0.3, -0.25) is 5.92 Å². The van der Waals surface area contributed by atoms with Gasteiger partial charge in [0.05, 0.1) is 14.2 Å². The molecule has 0 atom stereocenters. The number of benzene rings is 1. The second-order valence-corrected chi connectivity index (χ2v) is 4.63. The van der Waals surface area contributed by atoms with Crippen LogP contribution in [0, 0.1) is 103 Å². The molecule has 0 aliphatic heterocycles. The van der Waals surface area contributed by atoms with E-state index in [1.165, 1.54) is 0 Å². The van der Waals surface area contributed by atoms with Gasteiger partial charge in [0.2, 0.25) is 0 Å². The fraction of sp³-hybridized carbons (Fsp3) is 0.120. The fourth-order valence-corrected chi connectivity index (χ4v) is 1.82. The minimum atomic E-state index is 0. The first-order chi connectivity index (χ1) is 14.8. The van der Waals surface area contributed by atoms with Crippen LogP contribution in [0.3, 0.4) is 0 Å². The molecule has 2 aliphatic rings. The standard InChI is InChI=1S/C12H13O2.2C5H5.3CO.W/c1-4-5-6-10-9-11(13-2)7-8-12(10)14-3;2*1-2-4-5-3-1;3*1-2;/h7-9H,1,6H2,2-3H3;2*1-5H;;;;/q-1;;;;;;+2. The van der Waals surface area contributed by atoms with Crippen LogP contribution >= 0.6 is 0 Å². The molecule has 0 heterocycles. The second-order valence-electron chi connectivity index (χ2n) is 4.63. The van der Waals surface area contributed by atoms with Crippen molar-refractivity contribution in [3.63, 3.8) is 0 Å². The van der Waals surface area contributed by atoms with Crippen molar-refractivity contribution in [2.75, 3.05) is 14.2 Å². The van der Waals surface area contributed by atoms with Gasteiger partial charge in [0, 0.05) is 0 Å². The average Bonchev–Trinajstić information content (AvgIpc) is 3.61. The van der Waals surface area contributed by atoms with Crippen LogP contribution in [-0.4, -0.2) is 14.2 Å². The Morgan fingerprint density at radius 1 is 0.742 bits per heavy atom. The minimum Gasteiger partial charge on any atom is -0.497 e. The summed E-state index contributed by atoms with van der Waals surface area (Å²) in [4.78, 5) is 0. The quantitative estimate of drug-likeness (QED) is 0.305. The van der Waals surface area contributed by atoms with E-state index in [-0.39, 0.29) is 21.1 Å². The summed E-state index contributed by atoms with van der Waals surface area (Å²) in [6.07, 6.45) is 20.6. The van der Waals surface area contributed by atoms with Gasteiger partial charge in [-0.15, -0.1) is 0 Å². The van der Waals surface area contributed by atoms with Crippen LogP contribution in [0.1, 0.15) is 5.56 Å². The third-order valence-electron chi connectivity index (χ3n) is 3.00. The van der Waals surface area contributed by atoms with Crippen molar-refractivity contribution in [3.05, 3.63) is 115 Å². The molecular formula is C25H23O5W+. The molecule has 2 saturated carbocycles. The maximum absolute atomic E-state index is 7.50. The van der Waals surface area contributed by atoms with E-state index in [0.717, 1.165) is 17.1 Å². The molecule has 3 rings (SSSR count). The number of methoxy groups -OCH3 is 2. The van der Waals surface area contributed by atoms with Crippen LogP contribution in [0.4, 0.5) is 0 Å². The summed E-state index contributed by atoms with van der Waals surface area (Å²) in [5.41, 5.74) is 1.02. The summed E-state index contributed by atoms with van der Waals surface area (Å²) in [5.74, 6) is 7.14. The number of hydrogen-bond acceptors (Lipinski definition) is 2. The smallest absolute Gasteiger partial charge is 0.497 e. The molecule has 1 aromatic carbocycles. The number of hydrogen-bond donors (Lipinski definition) is 0. The maximum Gasteiger partial charge on any atom is 2.00 e. The van der Waals surface area contributed by atoms with E-state index >= 15 is 0 Å². The summed E-state index contributed by atoms with van der Waals surface area (Å²) in [6.45, 7) is 17.0. The third-order valence-corrected chi connectivity index (χ3v) is 3.00. The molecular weight excluding hydrogens is 564 g/mol. The van der Waals surface area contributed by atoms with E-state index in [1.807, 2.05) is 82.4 Å². The largest absolute Gasteiger partial charge is 2.00 e. The van der Waals surface area contributed by atoms with E-state index in [9.17, 15) is 0 Å². The Morgan fingerprint density at radius 3 is 1.42 bits per heavy atom. The molecule has 31 heavy (non-hydrogen) atoms. The summed E-state index contributed by atoms with van der Waals surface area (Å²) in [5, 5.41) is 0. The first-order valence-electron chi connectivity index (χ1n) is 8.22. The Balaban J connectivity index is -0.000000177. The van der Waals surface area contributed by atoms with Gasteiger partial charge in [0.25, 0.3) is 0 Å². The van der Waals surface area contributed by atoms with E-state index in [4.69, 9.17) is 23.4 Å². The van der Waals surface area contributed by atoms with Crippen molar-refractivity contribution in [2.45, 2.75) is 6.42 Å². The Morgan fingerprint density at radius 2 is 1.13 bits per heavy atom. The van der Waals surface area contributed by atoms with Crippen LogP contribution in [0.5, 0.6) is 11.5 Å². The zero-order valence-electron chi connectivity index (χ0n) is 17.4. The first-order valence-corrected chi connectivity index (χ1v) is 8.22. The Hall–Kier alpha value is -1.84. The van der Waals surface area contributed by atoms with Crippen molar-refractivity contribution >= 4 is 0 Å². The molecule has 0 aromatic heterocycles. The SMILES string of the molecule is [C-]#[O+].[C-]#[O+].[C-]#[O+].[CH2-]C#CCc1cc(OC)ccc1OC.[CH]1[CH][CH][CH][CH]1.[CH]1[CH][CH][CH][CH]1.[W+2]. The van der Waals surface area contributed by atoms with Gasteiger partial charge in [-0.2, -0.15) is 6.92 Å². The van der Waals surface area contributed by atoms with Gasteiger partial charge in [-0.05, 0) is 94.4 Å². The van der Waals surface area contributed by atoms with Gasteiger partial charge < -0.3 is 15.4 Å². The Labute approximate surface area is 203 Å². The summed E-state index contributed by atoms with van der Waals surface area (Å²) in [7, 11) is 3.28. The molecule has 0 unspecified atom stereocenters. The molecule has 0 amide bonds. The molecule has 0 N–H and O–H groups in total. The predicted octanol–water partition coefficient (Wildman–Crippen LogP) is 4.01. The summed E-state index contributed by atoms with van der Waals surface area (Å²) in [6, 6.07) is 5.65. The normalized spacial score (nSPS) is 11.9. The van der Waals surface area contributed by atoms with Gasteiger partial charge in [0.1, 0.15) is 11.5 Å². The molecule has 10 radical (unpaired) electrons. The van der Waals surface area contributed by atoms with Gasteiger partial charge in [0.15, 0.2) is 0 Å². The molecule has 158 valence electrons. The van der Waals surface area contributed by atoms with Crippen LogP contribution in [0.15, 0.2) is 18.2 Å². The number of ether oxygens (including phenoxy) is 2. The zero-order chi connectivity index (χ0) is 23.5. The fourth-order valence-electron chi connectivity index (χ4n) is 1.82. The molecule has 1 aromatic rings. The van der Waals surface area contributed by atoms with Crippen molar-refractivity contribution < 1.29 is 44.5 Å². The molecule has 0 spiro atoms. The molecule has 0 bridgehead atoms. The van der Waals surface area contributed by atoms with Crippen LogP contribution in [0.25, 0.3) is 0 Å². The predicted molar refractivity (Wildman–Crippen MR) is 111 cm³/mol. The van der Waals surface area contributed by atoms with Gasteiger partial charge in [-0.25, -0.2) is 0 Å². The van der Waals surface area contributed by atoms with E-state index in [2.05, 4.69) is 38.7 Å². The van der Waals surface area contributed by atoms with Crippen LogP contribution in [-0.2, 0) is 41.4 Å². The van der Waals surface area contributed by atoms with Gasteiger partial charge in [-0.1, -0.05) is 0 Å². The molecule has 2 fully saturated rings. The van der Waals surface area contributed by atoms with E-state index < -0.39 is 0 Å². The van der Waals surface area contributed by atoms with Crippen molar-refractivity contribution in [3.8, 4) is 23.3 Å². The molecule has 0 saturated heterocycles. The minimum absolute atomic E-state index is 0. The summed E-state index contributed by atoms with van der Waals surface area (Å²) >= 11 is 0. The zero-order valence-corrected chi connectivity index (χ0v) is 20.3. The van der Waals surface area contributed by atoms with Crippen molar-refractivity contribution in [1.29, 1.82) is 0 Å². The Bertz CT molecular complexity index is 579. The van der Waals surface area contributed by atoms with Crippen molar-refractivity contribution in [2.24, 2.45) is 0 Å². The third kappa shape index (κ3) is 22.7. The Kier molecular flexibility index (Phi) is 38.7. The van der Waals surface area contributed by atoms with E-state index in [1.54, 1.807) is 14.2 Å².